The molecule has 2 aromatic heterocycles. The monoisotopic (exact) mass is 380 g/mol. The molecule has 5 nitrogen and oxygen atoms in total. The molecule has 2 aromatic carbocycles. The summed E-state index contributed by atoms with van der Waals surface area (Å²) in [7, 11) is 0. The Kier molecular flexibility index (Phi) is 4.93. The Balaban J connectivity index is 1.35. The first-order chi connectivity index (χ1) is 13.2. The van der Waals surface area contributed by atoms with Gasteiger partial charge in [0, 0.05) is 18.7 Å². The number of carbonyl (C=O) groups excluding carboxylic acids is 1. The van der Waals surface area contributed by atoms with Crippen molar-refractivity contribution in [1.82, 2.24) is 19.9 Å². The minimum absolute atomic E-state index is 0.207. The predicted octanol–water partition coefficient (Wildman–Crippen LogP) is 3.98. The van der Waals surface area contributed by atoms with Gasteiger partial charge in [-0.25, -0.2) is 14.4 Å². The number of benzene rings is 2. The number of hydrogen-bond donors (Lipinski definition) is 1. The van der Waals surface area contributed by atoms with Crippen molar-refractivity contribution in [3.8, 4) is 5.69 Å². The van der Waals surface area contributed by atoms with Gasteiger partial charge >= 0.3 is 0 Å². The van der Waals surface area contributed by atoms with Gasteiger partial charge in [-0.05, 0) is 42.8 Å². The SMILES string of the molecule is O=C(NCCCc1nc2ccccc2s1)c1cncn1-c1ccc(F)cc1. The van der Waals surface area contributed by atoms with E-state index in [1.165, 1.54) is 23.0 Å². The Bertz CT molecular complexity index is 1040. The first-order valence-electron chi connectivity index (χ1n) is 8.61. The Labute approximate surface area is 159 Å². The van der Waals surface area contributed by atoms with Crippen molar-refractivity contribution >= 4 is 27.5 Å². The van der Waals surface area contributed by atoms with Gasteiger partial charge in [-0.2, -0.15) is 0 Å². The summed E-state index contributed by atoms with van der Waals surface area (Å²) in [6.07, 6.45) is 4.67. The van der Waals surface area contributed by atoms with Gasteiger partial charge in [0.2, 0.25) is 0 Å². The van der Waals surface area contributed by atoms with Crippen LogP contribution in [0.3, 0.4) is 0 Å². The number of imidazole rings is 1. The molecule has 1 amide bonds. The van der Waals surface area contributed by atoms with E-state index in [-0.39, 0.29) is 11.7 Å². The molecule has 136 valence electrons. The highest BCUT2D eigenvalue weighted by molar-refractivity contribution is 7.18. The van der Waals surface area contributed by atoms with E-state index in [1.54, 1.807) is 34.4 Å². The van der Waals surface area contributed by atoms with E-state index in [4.69, 9.17) is 0 Å². The number of nitrogens with one attached hydrogen (secondary N) is 1. The number of rotatable bonds is 6. The van der Waals surface area contributed by atoms with Crippen LogP contribution in [0.25, 0.3) is 15.9 Å². The van der Waals surface area contributed by atoms with E-state index >= 15 is 0 Å². The number of aryl methyl sites for hydroxylation is 1. The van der Waals surface area contributed by atoms with Crippen LogP contribution in [0, 0.1) is 5.82 Å². The number of amides is 1. The maximum absolute atomic E-state index is 13.1. The average molecular weight is 380 g/mol. The molecule has 27 heavy (non-hydrogen) atoms. The smallest absolute Gasteiger partial charge is 0.269 e. The standard InChI is InChI=1S/C20H17FN4OS/c21-14-7-9-15(10-8-14)25-13-22-12-17(25)20(26)23-11-3-6-19-24-16-4-1-2-5-18(16)27-19/h1-2,4-5,7-10,12-13H,3,6,11H2,(H,23,26). The minimum atomic E-state index is -0.320. The van der Waals surface area contributed by atoms with Gasteiger partial charge in [0.05, 0.1) is 27.7 Å². The summed E-state index contributed by atoms with van der Waals surface area (Å²) in [6.45, 7) is 0.545. The Morgan fingerprint density at radius 2 is 1.96 bits per heavy atom. The Morgan fingerprint density at radius 3 is 2.78 bits per heavy atom. The number of carbonyl (C=O) groups is 1. The lowest BCUT2D eigenvalue weighted by Crippen LogP contribution is -2.26. The van der Waals surface area contributed by atoms with E-state index in [0.717, 1.165) is 23.4 Å². The zero-order valence-electron chi connectivity index (χ0n) is 14.4. The normalized spacial score (nSPS) is 11.0. The summed E-state index contributed by atoms with van der Waals surface area (Å²) in [5, 5.41) is 3.98. The van der Waals surface area contributed by atoms with Crippen molar-refractivity contribution in [3.05, 3.63) is 77.6 Å². The number of aromatic nitrogens is 3. The number of fused-ring (bicyclic) bond motifs is 1. The number of para-hydroxylation sites is 1. The van der Waals surface area contributed by atoms with Crippen LogP contribution in [0.1, 0.15) is 21.9 Å². The topological polar surface area (TPSA) is 59.8 Å². The lowest BCUT2D eigenvalue weighted by molar-refractivity contribution is 0.0946. The number of nitrogens with zero attached hydrogens (tertiary/aromatic N) is 3. The zero-order chi connectivity index (χ0) is 18.6. The van der Waals surface area contributed by atoms with Crippen molar-refractivity contribution in [1.29, 1.82) is 0 Å². The van der Waals surface area contributed by atoms with Crippen molar-refractivity contribution in [2.45, 2.75) is 12.8 Å². The Morgan fingerprint density at radius 1 is 1.15 bits per heavy atom. The van der Waals surface area contributed by atoms with Crippen LogP contribution in [0.15, 0.2) is 61.1 Å². The van der Waals surface area contributed by atoms with Gasteiger partial charge in [0.25, 0.3) is 5.91 Å². The molecular formula is C20H17FN4OS. The first kappa shape index (κ1) is 17.4. The van der Waals surface area contributed by atoms with Gasteiger partial charge in [0.15, 0.2) is 0 Å². The lowest BCUT2D eigenvalue weighted by Gasteiger charge is -2.08. The van der Waals surface area contributed by atoms with Crippen molar-refractivity contribution < 1.29 is 9.18 Å². The van der Waals surface area contributed by atoms with Gasteiger partial charge in [-0.1, -0.05) is 12.1 Å². The van der Waals surface area contributed by atoms with Crippen molar-refractivity contribution in [2.75, 3.05) is 6.54 Å². The van der Waals surface area contributed by atoms with Crippen molar-refractivity contribution in [3.63, 3.8) is 0 Å². The van der Waals surface area contributed by atoms with E-state index in [9.17, 15) is 9.18 Å². The average Bonchev–Trinajstić information content (AvgIpc) is 3.32. The lowest BCUT2D eigenvalue weighted by atomic mass is 10.3. The molecular weight excluding hydrogens is 363 g/mol. The zero-order valence-corrected chi connectivity index (χ0v) is 15.2. The predicted molar refractivity (Wildman–Crippen MR) is 104 cm³/mol. The highest BCUT2D eigenvalue weighted by atomic mass is 32.1. The molecule has 0 atom stereocenters. The van der Waals surface area contributed by atoms with Crippen LogP contribution in [-0.4, -0.2) is 27.0 Å². The molecule has 0 fully saturated rings. The molecule has 0 spiro atoms. The van der Waals surface area contributed by atoms with E-state index in [2.05, 4.69) is 21.4 Å². The summed E-state index contributed by atoms with van der Waals surface area (Å²) < 4.78 is 15.9. The quantitative estimate of drug-likeness (QED) is 0.515. The van der Waals surface area contributed by atoms with Gasteiger partial charge in [-0.15, -0.1) is 11.3 Å². The van der Waals surface area contributed by atoms with Gasteiger partial charge in [-0.3, -0.25) is 9.36 Å². The fourth-order valence-corrected chi connectivity index (χ4v) is 3.84. The molecule has 7 heteroatoms. The van der Waals surface area contributed by atoms with Crippen molar-refractivity contribution in [2.24, 2.45) is 0 Å². The third-order valence-corrected chi connectivity index (χ3v) is 5.26. The first-order valence-corrected chi connectivity index (χ1v) is 9.43. The van der Waals surface area contributed by atoms with E-state index in [1.807, 2.05) is 18.2 Å². The molecule has 1 N–H and O–H groups in total. The summed E-state index contributed by atoms with van der Waals surface area (Å²) in [6, 6.07) is 14.0. The van der Waals surface area contributed by atoms with Crippen LogP contribution in [-0.2, 0) is 6.42 Å². The molecule has 0 aliphatic carbocycles. The van der Waals surface area contributed by atoms with E-state index in [0.29, 0.717) is 17.9 Å². The third kappa shape index (κ3) is 3.88. The third-order valence-electron chi connectivity index (χ3n) is 4.17. The van der Waals surface area contributed by atoms with E-state index < -0.39 is 0 Å². The molecule has 0 saturated heterocycles. The number of hydrogen-bond acceptors (Lipinski definition) is 4. The molecule has 2 heterocycles. The maximum Gasteiger partial charge on any atom is 0.269 e. The summed E-state index contributed by atoms with van der Waals surface area (Å²) in [4.78, 5) is 21.1. The number of thiazole rings is 1. The molecule has 4 aromatic rings. The second-order valence-corrected chi connectivity index (χ2v) is 7.18. The summed E-state index contributed by atoms with van der Waals surface area (Å²) in [5.74, 6) is -0.527. The Hall–Kier alpha value is -3.06. The largest absolute Gasteiger partial charge is 0.351 e. The highest BCUT2D eigenvalue weighted by Crippen LogP contribution is 2.22. The summed E-state index contributed by atoms with van der Waals surface area (Å²) in [5.41, 5.74) is 2.12. The fourth-order valence-electron chi connectivity index (χ4n) is 2.83. The maximum atomic E-state index is 13.1. The molecule has 0 saturated carbocycles. The fraction of sp³-hybridized carbons (Fsp3) is 0.150. The van der Waals surface area contributed by atoms with Crippen LogP contribution in [0.4, 0.5) is 4.39 Å². The van der Waals surface area contributed by atoms with Gasteiger partial charge < -0.3 is 5.32 Å². The van der Waals surface area contributed by atoms with Gasteiger partial charge in [0.1, 0.15) is 11.5 Å². The number of halogens is 1. The van der Waals surface area contributed by atoms with Crippen LogP contribution >= 0.6 is 11.3 Å². The second kappa shape index (κ2) is 7.67. The van der Waals surface area contributed by atoms with Crippen LogP contribution < -0.4 is 5.32 Å². The summed E-state index contributed by atoms with van der Waals surface area (Å²) >= 11 is 1.69. The highest BCUT2D eigenvalue weighted by Gasteiger charge is 2.13. The molecule has 0 unspecified atom stereocenters. The van der Waals surface area contributed by atoms with Crippen LogP contribution in [0.5, 0.6) is 0 Å². The second-order valence-electron chi connectivity index (χ2n) is 6.06. The molecule has 0 radical (unpaired) electrons. The molecule has 0 aliphatic heterocycles. The molecule has 4 rings (SSSR count). The molecule has 0 aliphatic rings. The minimum Gasteiger partial charge on any atom is -0.351 e. The molecule has 0 bridgehead atoms. The van der Waals surface area contributed by atoms with Crippen LogP contribution in [0.2, 0.25) is 0 Å².